The highest BCUT2D eigenvalue weighted by atomic mass is 32.2. The number of esters is 1. The van der Waals surface area contributed by atoms with Gasteiger partial charge in [-0.3, -0.25) is 14.5 Å². The smallest absolute Gasteiger partial charge is 0.309 e. The van der Waals surface area contributed by atoms with Crippen LogP contribution in [0.1, 0.15) is 57.4 Å². The third-order valence-electron chi connectivity index (χ3n) is 8.63. The second-order valence-corrected chi connectivity index (χ2v) is 15.1. The maximum Gasteiger partial charge on any atom is 0.309 e. The average Bonchev–Trinajstić information content (AvgIpc) is 3.61. The molecule has 2 aromatic carbocycles. The fourth-order valence-corrected chi connectivity index (χ4v) is 9.16. The van der Waals surface area contributed by atoms with E-state index in [9.17, 15) is 18.0 Å². The third kappa shape index (κ3) is 6.65. The Kier molecular flexibility index (Phi) is 9.55. The van der Waals surface area contributed by atoms with E-state index in [0.29, 0.717) is 45.5 Å². The Hall–Kier alpha value is -3.32. The van der Waals surface area contributed by atoms with Crippen molar-refractivity contribution in [3.05, 3.63) is 71.3 Å². The van der Waals surface area contributed by atoms with Crippen LogP contribution in [0.5, 0.6) is 0 Å². The van der Waals surface area contributed by atoms with Gasteiger partial charge in [-0.2, -0.15) is 9.40 Å². The Morgan fingerprint density at radius 1 is 1.04 bits per heavy atom. The molecule has 1 saturated carbocycles. The number of carbonyl (C=O) groups is 2. The topological polar surface area (TPSA) is 102 Å². The lowest BCUT2D eigenvalue weighted by molar-refractivity contribution is -0.149. The molecule has 0 spiro atoms. The molecule has 0 unspecified atom stereocenters. The standard InChI is InChI=1S/C33H36N4O5S3/c1-2-42-32(39)23-16-18-35(19-17-23)45(40,41)28-15-9-10-24(20-28)30-25(22-36(34-30)26-11-5-3-6-12-26)21-29-31(38)37(33(43)44-29)27-13-7-4-8-14-27/h3,5-6,9-12,15,20-23,27H,2,4,7-8,13-14,16-19H2,1H3/b29-21-. The number of hydrogen-bond donors (Lipinski definition) is 0. The molecule has 3 fully saturated rings. The second kappa shape index (κ2) is 13.6. The van der Waals surface area contributed by atoms with Gasteiger partial charge in [0.1, 0.15) is 10.0 Å². The van der Waals surface area contributed by atoms with E-state index in [0.717, 1.165) is 31.4 Å². The van der Waals surface area contributed by atoms with Crippen LogP contribution in [0.2, 0.25) is 0 Å². The molecule has 236 valence electrons. The highest BCUT2D eigenvalue weighted by molar-refractivity contribution is 8.26. The molecule has 1 aliphatic carbocycles. The first-order chi connectivity index (χ1) is 21.8. The molecular formula is C33H36N4O5S3. The minimum Gasteiger partial charge on any atom is -0.466 e. The molecule has 2 aliphatic heterocycles. The first-order valence-electron chi connectivity index (χ1n) is 15.5. The normalized spacial score (nSPS) is 19.8. The van der Waals surface area contributed by atoms with Crippen molar-refractivity contribution < 1.29 is 22.7 Å². The Bertz CT molecular complexity index is 1720. The van der Waals surface area contributed by atoms with Crippen molar-refractivity contribution in [2.24, 2.45) is 5.92 Å². The number of piperidine rings is 1. The first-order valence-corrected chi connectivity index (χ1v) is 18.1. The van der Waals surface area contributed by atoms with Crippen LogP contribution in [0.25, 0.3) is 23.0 Å². The van der Waals surface area contributed by atoms with Crippen molar-refractivity contribution >= 4 is 56.3 Å². The minimum absolute atomic E-state index is 0.0853. The van der Waals surface area contributed by atoms with Crippen molar-refractivity contribution in [3.63, 3.8) is 0 Å². The minimum atomic E-state index is -3.82. The molecule has 9 nitrogen and oxygen atoms in total. The predicted octanol–water partition coefficient (Wildman–Crippen LogP) is 6.04. The number of sulfonamides is 1. The van der Waals surface area contributed by atoms with Gasteiger partial charge in [-0.1, -0.05) is 73.6 Å². The van der Waals surface area contributed by atoms with Crippen LogP contribution in [0.4, 0.5) is 0 Å². The lowest BCUT2D eigenvalue weighted by Gasteiger charge is -2.30. The Labute approximate surface area is 273 Å². The van der Waals surface area contributed by atoms with Gasteiger partial charge in [0.15, 0.2) is 0 Å². The summed E-state index contributed by atoms with van der Waals surface area (Å²) in [5.74, 6) is -0.648. The summed E-state index contributed by atoms with van der Waals surface area (Å²) in [6.07, 6.45) is 9.81. The molecule has 3 aromatic rings. The van der Waals surface area contributed by atoms with Crippen LogP contribution in [-0.4, -0.2) is 69.3 Å². The highest BCUT2D eigenvalue weighted by Crippen LogP contribution is 2.39. The Morgan fingerprint density at radius 3 is 2.49 bits per heavy atom. The van der Waals surface area contributed by atoms with E-state index >= 15 is 0 Å². The Balaban J connectivity index is 1.32. The van der Waals surface area contributed by atoms with Crippen LogP contribution in [0.3, 0.4) is 0 Å². The van der Waals surface area contributed by atoms with Crippen LogP contribution >= 0.6 is 24.0 Å². The fourth-order valence-electron chi connectivity index (χ4n) is 6.25. The van der Waals surface area contributed by atoms with Crippen LogP contribution in [0.15, 0.2) is 70.6 Å². The monoisotopic (exact) mass is 664 g/mol. The highest BCUT2D eigenvalue weighted by Gasteiger charge is 2.38. The molecule has 0 N–H and O–H groups in total. The number of aromatic nitrogens is 2. The molecule has 12 heteroatoms. The summed E-state index contributed by atoms with van der Waals surface area (Å²) in [5, 5.41) is 4.87. The summed E-state index contributed by atoms with van der Waals surface area (Å²) >= 11 is 6.97. The van der Waals surface area contributed by atoms with E-state index in [1.165, 1.54) is 22.5 Å². The fraction of sp³-hybridized carbons (Fsp3) is 0.394. The van der Waals surface area contributed by atoms with Crippen molar-refractivity contribution in [3.8, 4) is 16.9 Å². The van der Waals surface area contributed by atoms with Crippen molar-refractivity contribution in [1.82, 2.24) is 19.0 Å². The number of nitrogens with zero attached hydrogens (tertiary/aromatic N) is 4. The number of carbonyl (C=O) groups excluding carboxylic acids is 2. The van der Waals surface area contributed by atoms with Crippen LogP contribution in [0, 0.1) is 5.92 Å². The maximum absolute atomic E-state index is 13.7. The van der Waals surface area contributed by atoms with Gasteiger partial charge in [-0.05, 0) is 62.9 Å². The number of benzene rings is 2. The summed E-state index contributed by atoms with van der Waals surface area (Å²) in [6.45, 7) is 2.56. The molecule has 3 heterocycles. The number of amides is 1. The molecule has 2 saturated heterocycles. The molecule has 0 radical (unpaired) electrons. The number of hydrogen-bond acceptors (Lipinski definition) is 8. The van der Waals surface area contributed by atoms with Crippen molar-refractivity contribution in [2.45, 2.75) is 62.8 Å². The molecule has 1 aromatic heterocycles. The molecule has 0 bridgehead atoms. The Morgan fingerprint density at radius 2 is 1.78 bits per heavy atom. The molecule has 45 heavy (non-hydrogen) atoms. The largest absolute Gasteiger partial charge is 0.466 e. The zero-order valence-electron chi connectivity index (χ0n) is 25.1. The van der Waals surface area contributed by atoms with E-state index in [2.05, 4.69) is 0 Å². The van der Waals surface area contributed by atoms with E-state index in [-0.39, 0.29) is 41.8 Å². The molecule has 6 rings (SSSR count). The average molecular weight is 665 g/mol. The van der Waals surface area contributed by atoms with Crippen LogP contribution in [-0.2, 0) is 24.3 Å². The first kappa shape index (κ1) is 31.7. The van der Waals surface area contributed by atoms with Gasteiger partial charge in [0.25, 0.3) is 5.91 Å². The summed E-state index contributed by atoms with van der Waals surface area (Å²) in [7, 11) is -3.82. The predicted molar refractivity (Wildman–Crippen MR) is 179 cm³/mol. The SMILES string of the molecule is CCOC(=O)C1CCN(S(=O)(=O)c2cccc(-c3nn(-c4ccccc4)cc3/C=C3\SC(=S)N(C4CCCCC4)C3=O)c2)CC1. The van der Waals surface area contributed by atoms with Gasteiger partial charge < -0.3 is 4.74 Å². The van der Waals surface area contributed by atoms with Gasteiger partial charge in [0.05, 0.1) is 28.0 Å². The third-order valence-corrected chi connectivity index (χ3v) is 11.9. The summed E-state index contributed by atoms with van der Waals surface area (Å²) in [5.41, 5.74) is 2.69. The van der Waals surface area contributed by atoms with Crippen molar-refractivity contribution in [1.29, 1.82) is 0 Å². The van der Waals surface area contributed by atoms with Crippen LogP contribution < -0.4 is 0 Å². The lowest BCUT2D eigenvalue weighted by atomic mass is 9.94. The quantitative estimate of drug-likeness (QED) is 0.163. The number of thioether (sulfide) groups is 1. The maximum atomic E-state index is 13.7. The van der Waals surface area contributed by atoms with Crippen molar-refractivity contribution in [2.75, 3.05) is 19.7 Å². The van der Waals surface area contributed by atoms with Gasteiger partial charge in [0.2, 0.25) is 10.0 Å². The van der Waals surface area contributed by atoms with Gasteiger partial charge >= 0.3 is 5.97 Å². The number of para-hydroxylation sites is 1. The number of ether oxygens (including phenoxy) is 1. The summed E-state index contributed by atoms with van der Waals surface area (Å²) < 4.78 is 36.4. The zero-order chi connectivity index (χ0) is 31.6. The van der Waals surface area contributed by atoms with E-state index < -0.39 is 10.0 Å². The zero-order valence-corrected chi connectivity index (χ0v) is 27.6. The van der Waals surface area contributed by atoms with E-state index in [1.807, 2.05) is 48.7 Å². The van der Waals surface area contributed by atoms with Gasteiger partial charge in [-0.25, -0.2) is 13.1 Å². The second-order valence-electron chi connectivity index (χ2n) is 11.5. The molecule has 3 aliphatic rings. The van der Waals surface area contributed by atoms with E-state index in [1.54, 1.807) is 34.7 Å². The molecular weight excluding hydrogens is 629 g/mol. The summed E-state index contributed by atoms with van der Waals surface area (Å²) in [4.78, 5) is 28.3. The molecule has 0 atom stereocenters. The summed E-state index contributed by atoms with van der Waals surface area (Å²) in [6, 6.07) is 16.5. The number of thiocarbonyl (C=S) groups is 1. The van der Waals surface area contributed by atoms with E-state index in [4.69, 9.17) is 22.1 Å². The lowest BCUT2D eigenvalue weighted by Crippen LogP contribution is -2.40. The molecule has 1 amide bonds. The van der Waals surface area contributed by atoms with Gasteiger partial charge in [0, 0.05) is 36.5 Å². The van der Waals surface area contributed by atoms with Gasteiger partial charge in [-0.15, -0.1) is 0 Å². The number of rotatable bonds is 8.